The van der Waals surface area contributed by atoms with Crippen LogP contribution in [0.4, 0.5) is 0 Å². The molecule has 0 N–H and O–H groups in total. The second-order valence-electron chi connectivity index (χ2n) is 7.45. The fourth-order valence-electron chi connectivity index (χ4n) is 4.21. The van der Waals surface area contributed by atoms with Crippen molar-refractivity contribution in [2.24, 2.45) is 11.8 Å². The number of carbonyl (C=O) groups is 1. The SMILES string of the molecule is O=C(Cc1ccc(Cl)cc1)N1C[C@H]2CN(Cc3cccc(Cl)c3)C[C@@H]2C1. The van der Waals surface area contributed by atoms with Crippen LogP contribution in [0.2, 0.25) is 10.0 Å². The normalized spacial score (nSPS) is 22.6. The minimum Gasteiger partial charge on any atom is -0.342 e. The molecule has 0 aromatic heterocycles. The third-order valence-corrected chi connectivity index (χ3v) is 5.97. The maximum Gasteiger partial charge on any atom is 0.227 e. The molecule has 2 aliphatic rings. The van der Waals surface area contributed by atoms with Gasteiger partial charge >= 0.3 is 0 Å². The number of hydrogen-bond donors (Lipinski definition) is 0. The number of halogens is 2. The molecule has 2 atom stereocenters. The summed E-state index contributed by atoms with van der Waals surface area (Å²) in [5.41, 5.74) is 2.28. The number of benzene rings is 2. The zero-order valence-electron chi connectivity index (χ0n) is 14.6. The molecule has 0 radical (unpaired) electrons. The predicted molar refractivity (Wildman–Crippen MR) is 105 cm³/mol. The van der Waals surface area contributed by atoms with E-state index in [0.29, 0.717) is 23.3 Å². The zero-order valence-corrected chi connectivity index (χ0v) is 16.1. The lowest BCUT2D eigenvalue weighted by atomic mass is 10.0. The second-order valence-corrected chi connectivity index (χ2v) is 8.32. The first-order valence-electron chi connectivity index (χ1n) is 9.06. The van der Waals surface area contributed by atoms with Crippen LogP contribution >= 0.6 is 23.2 Å². The third-order valence-electron chi connectivity index (χ3n) is 5.48. The molecule has 2 heterocycles. The first kappa shape index (κ1) is 17.8. The van der Waals surface area contributed by atoms with Crippen LogP contribution in [0.1, 0.15) is 11.1 Å². The lowest BCUT2D eigenvalue weighted by Gasteiger charge is -2.22. The summed E-state index contributed by atoms with van der Waals surface area (Å²) in [7, 11) is 0. The number of carbonyl (C=O) groups excluding carboxylic acids is 1. The monoisotopic (exact) mass is 388 g/mol. The summed E-state index contributed by atoms with van der Waals surface area (Å²) in [5.74, 6) is 1.40. The van der Waals surface area contributed by atoms with E-state index in [1.807, 2.05) is 47.4 Å². The highest BCUT2D eigenvalue weighted by atomic mass is 35.5. The first-order valence-corrected chi connectivity index (χ1v) is 9.81. The largest absolute Gasteiger partial charge is 0.342 e. The number of nitrogens with zero attached hydrogens (tertiary/aromatic N) is 2. The average Bonchev–Trinajstić information content (AvgIpc) is 3.15. The Hall–Kier alpha value is -1.55. The van der Waals surface area contributed by atoms with Gasteiger partial charge in [0.2, 0.25) is 5.91 Å². The van der Waals surface area contributed by atoms with E-state index < -0.39 is 0 Å². The lowest BCUT2D eigenvalue weighted by Crippen LogP contribution is -2.34. The molecule has 5 heteroatoms. The quantitative estimate of drug-likeness (QED) is 0.785. The number of rotatable bonds is 4. The highest BCUT2D eigenvalue weighted by molar-refractivity contribution is 6.30. The van der Waals surface area contributed by atoms with Gasteiger partial charge in [0.1, 0.15) is 0 Å². The molecule has 2 saturated heterocycles. The molecule has 3 nitrogen and oxygen atoms in total. The Morgan fingerprint density at radius 2 is 1.58 bits per heavy atom. The number of amides is 1. The minimum atomic E-state index is 0.225. The molecule has 4 rings (SSSR count). The van der Waals surface area contributed by atoms with Crippen LogP contribution in [-0.4, -0.2) is 41.9 Å². The van der Waals surface area contributed by atoms with Gasteiger partial charge in [-0.15, -0.1) is 0 Å². The first-order chi connectivity index (χ1) is 12.6. The maximum atomic E-state index is 12.6. The molecule has 0 spiro atoms. The van der Waals surface area contributed by atoms with E-state index in [0.717, 1.165) is 43.3 Å². The zero-order chi connectivity index (χ0) is 18.1. The Morgan fingerprint density at radius 3 is 2.23 bits per heavy atom. The maximum absolute atomic E-state index is 12.6. The van der Waals surface area contributed by atoms with Crippen LogP contribution in [0.25, 0.3) is 0 Å². The molecule has 136 valence electrons. The molecule has 2 aliphatic heterocycles. The van der Waals surface area contributed by atoms with Crippen molar-refractivity contribution < 1.29 is 4.79 Å². The van der Waals surface area contributed by atoms with Crippen LogP contribution in [0.5, 0.6) is 0 Å². The van der Waals surface area contributed by atoms with Crippen LogP contribution in [0.3, 0.4) is 0 Å². The molecular formula is C21H22Cl2N2O. The van der Waals surface area contributed by atoms with Crippen molar-refractivity contribution in [2.45, 2.75) is 13.0 Å². The van der Waals surface area contributed by atoms with Gasteiger partial charge in [-0.1, -0.05) is 47.5 Å². The van der Waals surface area contributed by atoms with Gasteiger partial charge in [0.05, 0.1) is 6.42 Å². The van der Waals surface area contributed by atoms with Crippen molar-refractivity contribution in [3.63, 3.8) is 0 Å². The topological polar surface area (TPSA) is 23.6 Å². The van der Waals surface area contributed by atoms with Crippen molar-refractivity contribution in [1.29, 1.82) is 0 Å². The van der Waals surface area contributed by atoms with Gasteiger partial charge in [0, 0.05) is 42.8 Å². The van der Waals surface area contributed by atoms with E-state index in [1.54, 1.807) is 0 Å². The lowest BCUT2D eigenvalue weighted by molar-refractivity contribution is -0.129. The van der Waals surface area contributed by atoms with E-state index in [4.69, 9.17) is 23.2 Å². The standard InChI is InChI=1S/C21H22Cl2N2O/c22-19-6-4-15(5-7-19)9-21(26)25-13-17-11-24(12-18(17)14-25)10-16-2-1-3-20(23)8-16/h1-8,17-18H,9-14H2/t17-,18-/m1/s1. The van der Waals surface area contributed by atoms with Crippen LogP contribution in [0.15, 0.2) is 48.5 Å². The second kappa shape index (κ2) is 7.59. The minimum absolute atomic E-state index is 0.225. The summed E-state index contributed by atoms with van der Waals surface area (Å²) in [6.07, 6.45) is 0.461. The molecule has 2 aromatic carbocycles. The summed E-state index contributed by atoms with van der Waals surface area (Å²) in [6, 6.07) is 15.6. The Balaban J connectivity index is 1.30. The van der Waals surface area contributed by atoms with E-state index in [9.17, 15) is 4.79 Å². The number of fused-ring (bicyclic) bond motifs is 1. The van der Waals surface area contributed by atoms with Gasteiger partial charge in [-0.05, 0) is 47.2 Å². The summed E-state index contributed by atoms with van der Waals surface area (Å²) >= 11 is 12.0. The van der Waals surface area contributed by atoms with Crippen LogP contribution in [0, 0.1) is 11.8 Å². The van der Waals surface area contributed by atoms with Crippen LogP contribution < -0.4 is 0 Å². The van der Waals surface area contributed by atoms with Crippen molar-refractivity contribution >= 4 is 29.1 Å². The summed E-state index contributed by atoms with van der Waals surface area (Å²) in [5, 5.41) is 1.50. The molecule has 0 aliphatic carbocycles. The van der Waals surface area contributed by atoms with E-state index >= 15 is 0 Å². The Labute approximate surface area is 164 Å². The Bertz CT molecular complexity index is 779. The summed E-state index contributed by atoms with van der Waals surface area (Å²) in [6.45, 7) is 4.81. The van der Waals surface area contributed by atoms with Gasteiger partial charge in [-0.3, -0.25) is 9.69 Å². The van der Waals surface area contributed by atoms with E-state index in [1.165, 1.54) is 5.56 Å². The van der Waals surface area contributed by atoms with E-state index in [2.05, 4.69) is 11.0 Å². The number of hydrogen-bond acceptors (Lipinski definition) is 2. The molecule has 0 unspecified atom stereocenters. The fraction of sp³-hybridized carbons (Fsp3) is 0.381. The van der Waals surface area contributed by atoms with E-state index in [-0.39, 0.29) is 5.91 Å². The van der Waals surface area contributed by atoms with Gasteiger partial charge in [-0.2, -0.15) is 0 Å². The highest BCUT2D eigenvalue weighted by Gasteiger charge is 2.41. The molecule has 26 heavy (non-hydrogen) atoms. The smallest absolute Gasteiger partial charge is 0.227 e. The van der Waals surface area contributed by atoms with Crippen molar-refractivity contribution in [3.8, 4) is 0 Å². The van der Waals surface area contributed by atoms with Gasteiger partial charge in [0.15, 0.2) is 0 Å². The summed E-state index contributed by atoms with van der Waals surface area (Å²) in [4.78, 5) is 17.1. The molecule has 0 bridgehead atoms. The van der Waals surface area contributed by atoms with Crippen LogP contribution in [-0.2, 0) is 17.8 Å². The molecule has 2 fully saturated rings. The Kier molecular flexibility index (Phi) is 5.21. The van der Waals surface area contributed by atoms with Crippen molar-refractivity contribution in [2.75, 3.05) is 26.2 Å². The average molecular weight is 389 g/mol. The fourth-order valence-corrected chi connectivity index (χ4v) is 4.54. The highest BCUT2D eigenvalue weighted by Crippen LogP contribution is 2.32. The third kappa shape index (κ3) is 4.06. The van der Waals surface area contributed by atoms with Crippen molar-refractivity contribution in [3.05, 3.63) is 69.7 Å². The molecule has 0 saturated carbocycles. The predicted octanol–water partition coefficient (Wildman–Crippen LogP) is 4.13. The number of likely N-dealkylation sites (tertiary alicyclic amines) is 2. The van der Waals surface area contributed by atoms with Gasteiger partial charge in [0.25, 0.3) is 0 Å². The molecule has 2 aromatic rings. The van der Waals surface area contributed by atoms with Crippen molar-refractivity contribution in [1.82, 2.24) is 9.80 Å². The Morgan fingerprint density at radius 1 is 0.885 bits per heavy atom. The summed E-state index contributed by atoms with van der Waals surface area (Å²) < 4.78 is 0. The van der Waals surface area contributed by atoms with Gasteiger partial charge < -0.3 is 4.90 Å². The molecular weight excluding hydrogens is 367 g/mol. The molecule has 1 amide bonds. The van der Waals surface area contributed by atoms with Gasteiger partial charge in [-0.25, -0.2) is 0 Å².